The number of amides is 1. The summed E-state index contributed by atoms with van der Waals surface area (Å²) in [7, 11) is 0. The molecular weight excluding hydrogens is 503 g/mol. The van der Waals surface area contributed by atoms with Crippen molar-refractivity contribution >= 4 is 45.8 Å². The van der Waals surface area contributed by atoms with Crippen molar-refractivity contribution in [1.29, 1.82) is 0 Å². The van der Waals surface area contributed by atoms with Gasteiger partial charge in [0.25, 0.3) is 5.56 Å². The lowest BCUT2D eigenvalue weighted by atomic mass is 10.1. The largest absolute Gasteiger partial charge is 0.324 e. The number of anilines is 1. The molecule has 5 aromatic rings. The van der Waals surface area contributed by atoms with Crippen LogP contribution in [-0.4, -0.2) is 40.4 Å². The van der Waals surface area contributed by atoms with Gasteiger partial charge in [-0.1, -0.05) is 35.3 Å². The van der Waals surface area contributed by atoms with Crippen molar-refractivity contribution in [2.45, 2.75) is 19.4 Å². The van der Waals surface area contributed by atoms with Gasteiger partial charge in [0.15, 0.2) is 5.15 Å². The summed E-state index contributed by atoms with van der Waals surface area (Å²) >= 11 is 12.1. The van der Waals surface area contributed by atoms with Crippen LogP contribution in [0.15, 0.2) is 72.2 Å². The highest BCUT2D eigenvalue weighted by molar-refractivity contribution is 6.31. The topological polar surface area (TPSA) is 120 Å². The highest BCUT2D eigenvalue weighted by Crippen LogP contribution is 2.28. The molecule has 3 heterocycles. The first-order valence-corrected chi connectivity index (χ1v) is 11.7. The minimum Gasteiger partial charge on any atom is -0.324 e. The van der Waals surface area contributed by atoms with Crippen LogP contribution in [0.3, 0.4) is 0 Å². The fourth-order valence-electron chi connectivity index (χ4n) is 3.84. The molecule has 1 atom stereocenters. The number of rotatable bonds is 6. The minimum absolute atomic E-state index is 0.217. The Labute approximate surface area is 214 Å². The summed E-state index contributed by atoms with van der Waals surface area (Å²) < 4.78 is 2.77. The zero-order valence-corrected chi connectivity index (χ0v) is 20.4. The number of fused-ring (bicyclic) bond motifs is 1. The molecule has 12 heteroatoms. The van der Waals surface area contributed by atoms with Gasteiger partial charge in [0, 0.05) is 34.7 Å². The first kappa shape index (κ1) is 23.6. The standard InChI is InChI=1S/C24H18Cl2N8O2/c1-2-20(24(36)30-15-4-5-17-19(10-15)28-8-7-27-17)33-13-29-18(11-23(33)35)16-9-14(25)3-6-21(16)34-12-22(26)31-32-34/h3-13,20H,2H2,1H3,(H,30,36). The summed E-state index contributed by atoms with van der Waals surface area (Å²) in [4.78, 5) is 39.1. The Bertz CT molecular complexity index is 1650. The third-order valence-corrected chi connectivity index (χ3v) is 5.95. The van der Waals surface area contributed by atoms with E-state index in [-0.39, 0.29) is 11.1 Å². The Morgan fingerprint density at radius 3 is 2.56 bits per heavy atom. The number of nitrogens with one attached hydrogen (secondary N) is 1. The molecule has 0 spiro atoms. The molecule has 1 N–H and O–H groups in total. The molecule has 1 amide bonds. The van der Waals surface area contributed by atoms with Crippen molar-refractivity contribution in [2.75, 3.05) is 5.32 Å². The molecule has 0 aliphatic heterocycles. The van der Waals surface area contributed by atoms with Gasteiger partial charge in [-0.05, 0) is 42.8 Å². The molecule has 0 aliphatic rings. The molecule has 1 unspecified atom stereocenters. The fourth-order valence-corrected chi connectivity index (χ4v) is 4.14. The molecule has 10 nitrogen and oxygen atoms in total. The predicted octanol–water partition coefficient (Wildman–Crippen LogP) is 4.33. The van der Waals surface area contributed by atoms with Crippen LogP contribution in [-0.2, 0) is 4.79 Å². The van der Waals surface area contributed by atoms with Crippen LogP contribution in [0.4, 0.5) is 5.69 Å². The molecule has 0 bridgehead atoms. The van der Waals surface area contributed by atoms with Crippen LogP contribution in [0.25, 0.3) is 28.0 Å². The third-order valence-electron chi connectivity index (χ3n) is 5.54. The molecule has 0 saturated heterocycles. The van der Waals surface area contributed by atoms with E-state index in [2.05, 4.69) is 30.6 Å². The van der Waals surface area contributed by atoms with E-state index in [9.17, 15) is 9.59 Å². The Balaban J connectivity index is 1.45. The summed E-state index contributed by atoms with van der Waals surface area (Å²) in [6, 6.07) is 10.9. The third kappa shape index (κ3) is 4.68. The summed E-state index contributed by atoms with van der Waals surface area (Å²) in [5.74, 6) is -0.349. The molecule has 2 aromatic carbocycles. The summed E-state index contributed by atoms with van der Waals surface area (Å²) in [5.41, 5.74) is 3.04. The van der Waals surface area contributed by atoms with Crippen LogP contribution in [0, 0.1) is 0 Å². The second-order valence-electron chi connectivity index (χ2n) is 7.84. The number of aromatic nitrogens is 7. The van der Waals surface area contributed by atoms with Gasteiger partial charge in [0.1, 0.15) is 6.04 Å². The van der Waals surface area contributed by atoms with Crippen molar-refractivity contribution in [3.8, 4) is 16.9 Å². The average Bonchev–Trinajstić information content (AvgIpc) is 3.31. The van der Waals surface area contributed by atoms with Gasteiger partial charge in [0.05, 0.1) is 34.9 Å². The number of benzene rings is 2. The van der Waals surface area contributed by atoms with Crippen molar-refractivity contribution in [2.24, 2.45) is 0 Å². The summed E-state index contributed by atoms with van der Waals surface area (Å²) in [6.07, 6.45) is 6.45. The number of hydrogen-bond donors (Lipinski definition) is 1. The first-order chi connectivity index (χ1) is 17.4. The van der Waals surface area contributed by atoms with Crippen molar-refractivity contribution in [1.82, 2.24) is 34.5 Å². The lowest BCUT2D eigenvalue weighted by molar-refractivity contribution is -0.119. The van der Waals surface area contributed by atoms with E-state index < -0.39 is 11.6 Å². The lowest BCUT2D eigenvalue weighted by Gasteiger charge is -2.18. The molecule has 5 rings (SSSR count). The number of nitrogens with zero attached hydrogens (tertiary/aromatic N) is 7. The number of halogens is 2. The van der Waals surface area contributed by atoms with E-state index in [4.69, 9.17) is 23.2 Å². The van der Waals surface area contributed by atoms with E-state index in [1.807, 2.05) is 6.92 Å². The smallest absolute Gasteiger partial charge is 0.254 e. The van der Waals surface area contributed by atoms with Gasteiger partial charge in [-0.2, -0.15) is 0 Å². The molecule has 180 valence electrons. The molecule has 0 aliphatic carbocycles. The van der Waals surface area contributed by atoms with E-state index in [0.29, 0.717) is 45.1 Å². The van der Waals surface area contributed by atoms with Gasteiger partial charge in [0.2, 0.25) is 5.91 Å². The summed E-state index contributed by atoms with van der Waals surface area (Å²) in [6.45, 7) is 1.82. The zero-order chi connectivity index (χ0) is 25.2. The SMILES string of the molecule is CCC(C(=O)Nc1ccc2nccnc2c1)n1cnc(-c2cc(Cl)ccc2-n2cc(Cl)nn2)cc1=O. The monoisotopic (exact) mass is 520 g/mol. The van der Waals surface area contributed by atoms with E-state index in [1.54, 1.807) is 48.8 Å². The lowest BCUT2D eigenvalue weighted by Crippen LogP contribution is -2.33. The highest BCUT2D eigenvalue weighted by Gasteiger charge is 2.21. The second kappa shape index (κ2) is 9.84. The van der Waals surface area contributed by atoms with E-state index in [1.165, 1.54) is 27.8 Å². The van der Waals surface area contributed by atoms with Crippen molar-refractivity contribution in [3.63, 3.8) is 0 Å². The van der Waals surface area contributed by atoms with E-state index in [0.717, 1.165) is 0 Å². The van der Waals surface area contributed by atoms with Crippen molar-refractivity contribution < 1.29 is 4.79 Å². The predicted molar refractivity (Wildman–Crippen MR) is 136 cm³/mol. The van der Waals surface area contributed by atoms with Gasteiger partial charge >= 0.3 is 0 Å². The van der Waals surface area contributed by atoms with Crippen LogP contribution in [0.1, 0.15) is 19.4 Å². The Morgan fingerprint density at radius 2 is 1.83 bits per heavy atom. The zero-order valence-electron chi connectivity index (χ0n) is 18.8. The molecule has 36 heavy (non-hydrogen) atoms. The number of carbonyl (C=O) groups excluding carboxylic acids is 1. The van der Waals surface area contributed by atoms with Crippen LogP contribution < -0.4 is 10.9 Å². The Kier molecular flexibility index (Phi) is 6.45. The van der Waals surface area contributed by atoms with Gasteiger partial charge in [-0.3, -0.25) is 24.1 Å². The summed E-state index contributed by atoms with van der Waals surface area (Å²) in [5, 5.41) is 11.3. The molecule has 0 fully saturated rings. The molecule has 0 radical (unpaired) electrons. The Morgan fingerprint density at radius 1 is 1.03 bits per heavy atom. The maximum atomic E-state index is 13.1. The van der Waals surface area contributed by atoms with Crippen LogP contribution >= 0.6 is 23.2 Å². The second-order valence-corrected chi connectivity index (χ2v) is 8.66. The maximum Gasteiger partial charge on any atom is 0.254 e. The van der Waals surface area contributed by atoms with Gasteiger partial charge in [-0.25, -0.2) is 9.67 Å². The van der Waals surface area contributed by atoms with Crippen molar-refractivity contribution in [3.05, 3.63) is 87.9 Å². The number of carbonyl (C=O) groups is 1. The fraction of sp³-hybridized carbons (Fsp3) is 0.125. The van der Waals surface area contributed by atoms with Crippen LogP contribution in [0.5, 0.6) is 0 Å². The van der Waals surface area contributed by atoms with Gasteiger partial charge in [-0.15, -0.1) is 5.10 Å². The van der Waals surface area contributed by atoms with Crippen LogP contribution in [0.2, 0.25) is 10.2 Å². The van der Waals surface area contributed by atoms with Gasteiger partial charge < -0.3 is 5.32 Å². The Hall–Kier alpha value is -4.15. The highest BCUT2D eigenvalue weighted by atomic mass is 35.5. The number of hydrogen-bond acceptors (Lipinski definition) is 7. The normalized spacial score (nSPS) is 12.0. The quantitative estimate of drug-likeness (QED) is 0.353. The first-order valence-electron chi connectivity index (χ1n) is 10.9. The maximum absolute atomic E-state index is 13.1. The molecular formula is C24H18Cl2N8O2. The molecule has 0 saturated carbocycles. The molecule has 3 aromatic heterocycles. The van der Waals surface area contributed by atoms with E-state index >= 15 is 0 Å². The minimum atomic E-state index is -0.774. The average molecular weight is 521 g/mol.